The minimum atomic E-state index is -0.207. The van der Waals surface area contributed by atoms with Crippen molar-refractivity contribution in [2.24, 2.45) is 0 Å². The van der Waals surface area contributed by atoms with E-state index in [-0.39, 0.29) is 6.67 Å². The van der Waals surface area contributed by atoms with Gasteiger partial charge >= 0.3 is 0 Å². The summed E-state index contributed by atoms with van der Waals surface area (Å²) in [5, 5.41) is 0. The van der Waals surface area contributed by atoms with Crippen LogP contribution in [-0.4, -0.2) is 19.9 Å². The third kappa shape index (κ3) is 7.63. The Hall–Kier alpha value is -0.370. The molecule has 0 amide bonds. The summed E-state index contributed by atoms with van der Waals surface area (Å²) in [7, 11) is 0. The van der Waals surface area contributed by atoms with Crippen LogP contribution in [0.2, 0.25) is 0 Å². The lowest BCUT2D eigenvalue weighted by Gasteiger charge is -1.98. The molecular weight excluding hydrogens is 131 g/mol. The van der Waals surface area contributed by atoms with Crippen LogP contribution in [-0.2, 0) is 4.74 Å². The predicted octanol–water partition coefficient (Wildman–Crippen LogP) is 2.33. The molecular formula is C8H15FO. The molecule has 0 heterocycles. The van der Waals surface area contributed by atoms with Gasteiger partial charge in [-0.3, -0.25) is 4.39 Å². The van der Waals surface area contributed by atoms with Crippen molar-refractivity contribution >= 4 is 0 Å². The van der Waals surface area contributed by atoms with Gasteiger partial charge in [0.25, 0.3) is 0 Å². The van der Waals surface area contributed by atoms with Crippen molar-refractivity contribution in [3.05, 3.63) is 12.7 Å². The molecule has 1 nitrogen and oxygen atoms in total. The minimum Gasteiger partial charge on any atom is -0.377 e. The average Bonchev–Trinajstić information content (AvgIpc) is 1.97. The SMILES string of the molecule is C=CCOCCCCCF. The summed E-state index contributed by atoms with van der Waals surface area (Å²) < 4.78 is 16.6. The Kier molecular flexibility index (Phi) is 8.31. The van der Waals surface area contributed by atoms with E-state index in [2.05, 4.69) is 6.58 Å². The summed E-state index contributed by atoms with van der Waals surface area (Å²) in [6, 6.07) is 0. The normalized spacial score (nSPS) is 9.70. The third-order valence-electron chi connectivity index (χ3n) is 1.16. The van der Waals surface area contributed by atoms with Gasteiger partial charge in [0.2, 0.25) is 0 Å². The van der Waals surface area contributed by atoms with Crippen LogP contribution in [0.15, 0.2) is 12.7 Å². The van der Waals surface area contributed by atoms with E-state index >= 15 is 0 Å². The Morgan fingerprint density at radius 2 is 2.10 bits per heavy atom. The highest BCUT2D eigenvalue weighted by atomic mass is 19.1. The summed E-state index contributed by atoms with van der Waals surface area (Å²) in [6.07, 6.45) is 4.26. The van der Waals surface area contributed by atoms with Crippen LogP contribution in [0.1, 0.15) is 19.3 Å². The van der Waals surface area contributed by atoms with Crippen molar-refractivity contribution in [1.82, 2.24) is 0 Å². The van der Waals surface area contributed by atoms with E-state index in [1.54, 1.807) is 6.08 Å². The molecule has 0 spiro atoms. The molecule has 10 heavy (non-hydrogen) atoms. The minimum absolute atomic E-state index is 0.207. The number of ether oxygens (including phenoxy) is 1. The highest BCUT2D eigenvalue weighted by Gasteiger charge is 1.87. The van der Waals surface area contributed by atoms with Gasteiger partial charge in [0.1, 0.15) is 0 Å². The zero-order valence-corrected chi connectivity index (χ0v) is 6.31. The van der Waals surface area contributed by atoms with E-state index in [1.165, 1.54) is 0 Å². The average molecular weight is 146 g/mol. The number of hydrogen-bond donors (Lipinski definition) is 0. The third-order valence-corrected chi connectivity index (χ3v) is 1.16. The first-order valence-electron chi connectivity index (χ1n) is 3.66. The van der Waals surface area contributed by atoms with Crippen LogP contribution in [0.4, 0.5) is 4.39 Å². The van der Waals surface area contributed by atoms with Crippen LogP contribution < -0.4 is 0 Å². The second kappa shape index (κ2) is 8.63. The lowest BCUT2D eigenvalue weighted by atomic mass is 10.3. The van der Waals surface area contributed by atoms with Crippen molar-refractivity contribution in [2.75, 3.05) is 19.9 Å². The molecule has 2 heteroatoms. The van der Waals surface area contributed by atoms with Gasteiger partial charge in [-0.15, -0.1) is 6.58 Å². The maximum Gasteiger partial charge on any atom is 0.0894 e. The zero-order valence-electron chi connectivity index (χ0n) is 6.31. The number of hydrogen-bond acceptors (Lipinski definition) is 1. The number of halogens is 1. The molecule has 0 bridgehead atoms. The molecule has 0 fully saturated rings. The Labute approximate surface area is 61.9 Å². The molecule has 0 aromatic heterocycles. The van der Waals surface area contributed by atoms with Gasteiger partial charge in [-0.25, -0.2) is 0 Å². The molecule has 0 aromatic rings. The molecule has 0 aliphatic carbocycles. The summed E-state index contributed by atoms with van der Waals surface area (Å²) in [5.41, 5.74) is 0. The number of unbranched alkanes of at least 4 members (excludes halogenated alkanes) is 2. The summed E-state index contributed by atoms with van der Waals surface area (Å²) in [5.74, 6) is 0. The smallest absolute Gasteiger partial charge is 0.0894 e. The molecule has 0 aliphatic heterocycles. The van der Waals surface area contributed by atoms with Crippen molar-refractivity contribution in [1.29, 1.82) is 0 Å². The van der Waals surface area contributed by atoms with Crippen molar-refractivity contribution in [3.8, 4) is 0 Å². The summed E-state index contributed by atoms with van der Waals surface area (Å²) >= 11 is 0. The van der Waals surface area contributed by atoms with Crippen molar-refractivity contribution < 1.29 is 9.13 Å². The molecule has 60 valence electrons. The molecule has 0 atom stereocenters. The van der Waals surface area contributed by atoms with Crippen molar-refractivity contribution in [2.45, 2.75) is 19.3 Å². The fraction of sp³-hybridized carbons (Fsp3) is 0.750. The van der Waals surface area contributed by atoms with Gasteiger partial charge in [0.15, 0.2) is 0 Å². The van der Waals surface area contributed by atoms with E-state index in [4.69, 9.17) is 4.74 Å². The lowest BCUT2D eigenvalue weighted by molar-refractivity contribution is 0.157. The van der Waals surface area contributed by atoms with Gasteiger partial charge in [0.05, 0.1) is 13.3 Å². The maximum atomic E-state index is 11.5. The van der Waals surface area contributed by atoms with Crippen LogP contribution in [0.3, 0.4) is 0 Å². The van der Waals surface area contributed by atoms with E-state index in [0.717, 1.165) is 19.4 Å². The fourth-order valence-corrected chi connectivity index (χ4v) is 0.642. The highest BCUT2D eigenvalue weighted by molar-refractivity contribution is 4.63. The van der Waals surface area contributed by atoms with Gasteiger partial charge in [-0.05, 0) is 19.3 Å². The Morgan fingerprint density at radius 3 is 2.70 bits per heavy atom. The van der Waals surface area contributed by atoms with Gasteiger partial charge < -0.3 is 4.74 Å². The summed E-state index contributed by atoms with van der Waals surface area (Å²) in [4.78, 5) is 0. The van der Waals surface area contributed by atoms with E-state index in [1.807, 2.05) is 0 Å². The van der Waals surface area contributed by atoms with E-state index < -0.39 is 0 Å². The molecule has 0 rings (SSSR count). The topological polar surface area (TPSA) is 9.23 Å². The van der Waals surface area contributed by atoms with Crippen LogP contribution in [0.25, 0.3) is 0 Å². The summed E-state index contributed by atoms with van der Waals surface area (Å²) in [6.45, 7) is 4.64. The Morgan fingerprint density at radius 1 is 1.30 bits per heavy atom. The monoisotopic (exact) mass is 146 g/mol. The first-order chi connectivity index (χ1) is 4.91. The zero-order chi connectivity index (χ0) is 7.66. The first kappa shape index (κ1) is 9.63. The molecule has 0 aromatic carbocycles. The second-order valence-corrected chi connectivity index (χ2v) is 2.11. The highest BCUT2D eigenvalue weighted by Crippen LogP contribution is 1.95. The van der Waals surface area contributed by atoms with E-state index in [0.29, 0.717) is 13.0 Å². The molecule has 0 N–H and O–H groups in total. The second-order valence-electron chi connectivity index (χ2n) is 2.11. The predicted molar refractivity (Wildman–Crippen MR) is 40.8 cm³/mol. The van der Waals surface area contributed by atoms with Crippen LogP contribution in [0, 0.1) is 0 Å². The molecule has 0 saturated heterocycles. The Bertz CT molecular complexity index is 73.7. The molecule has 0 radical (unpaired) electrons. The quantitative estimate of drug-likeness (QED) is 0.395. The fourth-order valence-electron chi connectivity index (χ4n) is 0.642. The van der Waals surface area contributed by atoms with Crippen LogP contribution >= 0.6 is 0 Å². The number of alkyl halides is 1. The van der Waals surface area contributed by atoms with Crippen LogP contribution in [0.5, 0.6) is 0 Å². The van der Waals surface area contributed by atoms with Crippen molar-refractivity contribution in [3.63, 3.8) is 0 Å². The Balaban J connectivity index is 2.70. The first-order valence-corrected chi connectivity index (χ1v) is 3.66. The molecule has 0 unspecified atom stereocenters. The van der Waals surface area contributed by atoms with E-state index in [9.17, 15) is 4.39 Å². The standard InChI is InChI=1S/C8H15FO/c1-2-7-10-8-5-3-4-6-9/h2H,1,3-8H2. The van der Waals surface area contributed by atoms with Gasteiger partial charge in [-0.2, -0.15) is 0 Å². The largest absolute Gasteiger partial charge is 0.377 e. The molecule has 0 saturated carbocycles. The van der Waals surface area contributed by atoms with Gasteiger partial charge in [0, 0.05) is 6.61 Å². The molecule has 0 aliphatic rings. The maximum absolute atomic E-state index is 11.5. The van der Waals surface area contributed by atoms with Gasteiger partial charge in [-0.1, -0.05) is 6.08 Å². The number of rotatable bonds is 7. The lowest BCUT2D eigenvalue weighted by Crippen LogP contribution is -1.93.